The van der Waals surface area contributed by atoms with Gasteiger partial charge in [0.05, 0.1) is 11.9 Å². The Morgan fingerprint density at radius 2 is 1.42 bits per heavy atom. The average molecular weight is 336 g/mol. The summed E-state index contributed by atoms with van der Waals surface area (Å²) in [6.07, 6.45) is 7.99. The zero-order chi connectivity index (χ0) is 16.4. The Hall–Kier alpha value is -2.05. The fourth-order valence-electron chi connectivity index (χ4n) is 3.77. The van der Waals surface area contributed by atoms with Gasteiger partial charge in [-0.2, -0.15) is 0 Å². The molecule has 0 N–H and O–H groups in total. The summed E-state index contributed by atoms with van der Waals surface area (Å²) in [5, 5.41) is 1.84. The maximum Gasteiger partial charge on any atom is 0.153 e. The zero-order valence-electron chi connectivity index (χ0n) is 13.6. The molecule has 1 atom stereocenters. The van der Waals surface area contributed by atoms with Gasteiger partial charge in [0.15, 0.2) is 7.14 Å². The Kier molecular flexibility index (Phi) is 4.16. The van der Waals surface area contributed by atoms with E-state index in [-0.39, 0.29) is 5.66 Å². The van der Waals surface area contributed by atoms with Crippen LogP contribution in [0.25, 0.3) is 0 Å². The molecule has 0 radical (unpaired) electrons. The van der Waals surface area contributed by atoms with Gasteiger partial charge in [-0.3, -0.25) is 0 Å². The van der Waals surface area contributed by atoms with E-state index in [1.807, 2.05) is 66.7 Å². The highest BCUT2D eigenvalue weighted by Crippen LogP contribution is 2.55. The van der Waals surface area contributed by atoms with Crippen LogP contribution in [0.2, 0.25) is 0 Å². The summed E-state index contributed by atoms with van der Waals surface area (Å²) in [5.41, 5.74) is 1.14. The minimum absolute atomic E-state index is 0.0913. The Balaban J connectivity index is 1.91. The Labute approximate surface area is 143 Å². The SMILES string of the molecule is O=P(c1ccccc1)(c1ccccc1)[C@H]1C=COC2=C1CCCC2. The molecular formula is C21H21O2P. The van der Waals surface area contributed by atoms with Gasteiger partial charge in [0.1, 0.15) is 5.76 Å². The van der Waals surface area contributed by atoms with Crippen LogP contribution in [-0.2, 0) is 9.30 Å². The third kappa shape index (κ3) is 2.56. The van der Waals surface area contributed by atoms with Crippen LogP contribution in [0.15, 0.2) is 84.3 Å². The molecule has 2 aromatic rings. The number of benzene rings is 2. The lowest BCUT2D eigenvalue weighted by Gasteiger charge is -2.33. The number of rotatable bonds is 3. The Morgan fingerprint density at radius 1 is 0.833 bits per heavy atom. The molecule has 2 aromatic carbocycles. The number of ether oxygens (including phenoxy) is 1. The molecule has 2 nitrogen and oxygen atoms in total. The fraction of sp³-hybridized carbons (Fsp3) is 0.238. The van der Waals surface area contributed by atoms with Crippen molar-refractivity contribution in [1.82, 2.24) is 0 Å². The first kappa shape index (κ1) is 15.5. The lowest BCUT2D eigenvalue weighted by Crippen LogP contribution is -2.29. The molecule has 0 spiro atoms. The standard InChI is InChI=1S/C21H21O2P/c22-24(17-9-3-1-4-10-17,18-11-5-2-6-12-18)21-15-16-23-20-14-8-7-13-19(20)21/h1-6,9-12,15-16,21H,7-8,13-14H2/t21-/m0/s1. The Bertz CT molecular complexity index is 778. The van der Waals surface area contributed by atoms with Gasteiger partial charge in [-0.25, -0.2) is 0 Å². The minimum Gasteiger partial charge on any atom is -0.470 e. The second-order valence-electron chi connectivity index (χ2n) is 6.38. The van der Waals surface area contributed by atoms with E-state index in [0.717, 1.165) is 42.1 Å². The molecule has 1 heterocycles. The van der Waals surface area contributed by atoms with Gasteiger partial charge in [-0.05, 0) is 30.9 Å². The van der Waals surface area contributed by atoms with Crippen LogP contribution >= 0.6 is 7.14 Å². The van der Waals surface area contributed by atoms with Crippen molar-refractivity contribution in [2.24, 2.45) is 0 Å². The van der Waals surface area contributed by atoms with E-state index in [0.29, 0.717) is 0 Å². The molecule has 0 amide bonds. The van der Waals surface area contributed by atoms with Crippen LogP contribution in [0.5, 0.6) is 0 Å². The first-order valence-corrected chi connectivity index (χ1v) is 10.3. The molecule has 0 saturated carbocycles. The van der Waals surface area contributed by atoms with Gasteiger partial charge in [-0.1, -0.05) is 60.7 Å². The lowest BCUT2D eigenvalue weighted by atomic mass is 9.94. The van der Waals surface area contributed by atoms with Crippen LogP contribution < -0.4 is 10.6 Å². The van der Waals surface area contributed by atoms with Gasteiger partial charge < -0.3 is 9.30 Å². The van der Waals surface area contributed by atoms with Crippen LogP contribution in [0.4, 0.5) is 0 Å². The minimum atomic E-state index is -2.81. The van der Waals surface area contributed by atoms with Gasteiger partial charge in [0.2, 0.25) is 0 Å². The summed E-state index contributed by atoms with van der Waals surface area (Å²) in [6, 6.07) is 19.9. The van der Waals surface area contributed by atoms with Crippen molar-refractivity contribution in [3.8, 4) is 0 Å². The number of hydrogen-bond donors (Lipinski definition) is 0. The van der Waals surface area contributed by atoms with Crippen molar-refractivity contribution in [2.75, 3.05) is 0 Å². The highest BCUT2D eigenvalue weighted by atomic mass is 31.2. The molecule has 2 aliphatic rings. The molecule has 0 aromatic heterocycles. The maximum absolute atomic E-state index is 14.5. The summed E-state index contributed by atoms with van der Waals surface area (Å²) < 4.78 is 20.2. The highest BCUT2D eigenvalue weighted by molar-refractivity contribution is 7.79. The highest BCUT2D eigenvalue weighted by Gasteiger charge is 2.40. The molecule has 122 valence electrons. The molecule has 1 aliphatic carbocycles. The zero-order valence-corrected chi connectivity index (χ0v) is 14.5. The summed E-state index contributed by atoms with van der Waals surface area (Å²) in [7, 11) is -2.81. The van der Waals surface area contributed by atoms with E-state index in [4.69, 9.17) is 4.74 Å². The van der Waals surface area contributed by atoms with Gasteiger partial charge in [0, 0.05) is 17.0 Å². The topological polar surface area (TPSA) is 26.3 Å². The van der Waals surface area contributed by atoms with E-state index in [1.165, 1.54) is 5.57 Å². The summed E-state index contributed by atoms with van der Waals surface area (Å²) in [4.78, 5) is 0. The van der Waals surface area contributed by atoms with Crippen LogP contribution in [-0.4, -0.2) is 5.66 Å². The van der Waals surface area contributed by atoms with E-state index >= 15 is 0 Å². The van der Waals surface area contributed by atoms with Crippen LogP contribution in [0.3, 0.4) is 0 Å². The molecule has 3 heteroatoms. The third-order valence-electron chi connectivity index (χ3n) is 4.96. The first-order valence-electron chi connectivity index (χ1n) is 8.56. The van der Waals surface area contributed by atoms with E-state index in [9.17, 15) is 4.57 Å². The quantitative estimate of drug-likeness (QED) is 0.757. The van der Waals surface area contributed by atoms with Crippen molar-refractivity contribution >= 4 is 17.8 Å². The van der Waals surface area contributed by atoms with E-state index in [2.05, 4.69) is 0 Å². The predicted molar refractivity (Wildman–Crippen MR) is 99.3 cm³/mol. The molecule has 0 bridgehead atoms. The van der Waals surface area contributed by atoms with Crippen molar-refractivity contribution in [3.05, 3.63) is 84.3 Å². The van der Waals surface area contributed by atoms with Crippen molar-refractivity contribution < 1.29 is 9.30 Å². The fourth-order valence-corrected chi connectivity index (χ4v) is 6.97. The van der Waals surface area contributed by atoms with Gasteiger partial charge in [0.25, 0.3) is 0 Å². The van der Waals surface area contributed by atoms with Crippen LogP contribution in [0.1, 0.15) is 25.7 Å². The second kappa shape index (κ2) is 6.45. The predicted octanol–water partition coefficient (Wildman–Crippen LogP) is 4.74. The molecule has 24 heavy (non-hydrogen) atoms. The molecule has 0 saturated heterocycles. The summed E-state index contributed by atoms with van der Waals surface area (Å²) >= 11 is 0. The Morgan fingerprint density at radius 3 is 2.04 bits per heavy atom. The van der Waals surface area contributed by atoms with Crippen molar-refractivity contribution in [2.45, 2.75) is 31.3 Å². The monoisotopic (exact) mass is 336 g/mol. The normalized spacial score (nSPS) is 20.4. The average Bonchev–Trinajstić information content (AvgIpc) is 2.68. The second-order valence-corrected chi connectivity index (χ2v) is 9.28. The summed E-state index contributed by atoms with van der Waals surface area (Å²) in [5.74, 6) is 1.04. The van der Waals surface area contributed by atoms with Crippen LogP contribution in [0, 0.1) is 0 Å². The molecule has 4 rings (SSSR count). The van der Waals surface area contributed by atoms with E-state index < -0.39 is 7.14 Å². The number of allylic oxidation sites excluding steroid dienone is 3. The third-order valence-corrected chi connectivity index (χ3v) is 8.36. The van der Waals surface area contributed by atoms with Gasteiger partial charge >= 0.3 is 0 Å². The molecule has 0 fully saturated rings. The molecule has 0 unspecified atom stereocenters. The van der Waals surface area contributed by atoms with Gasteiger partial charge in [-0.15, -0.1) is 0 Å². The lowest BCUT2D eigenvalue weighted by molar-refractivity contribution is 0.301. The van der Waals surface area contributed by atoms with Crippen molar-refractivity contribution in [3.63, 3.8) is 0 Å². The smallest absolute Gasteiger partial charge is 0.153 e. The number of hydrogen-bond acceptors (Lipinski definition) is 2. The summed E-state index contributed by atoms with van der Waals surface area (Å²) in [6.45, 7) is 0. The maximum atomic E-state index is 14.5. The van der Waals surface area contributed by atoms with E-state index in [1.54, 1.807) is 6.26 Å². The molecule has 1 aliphatic heterocycles. The molecular weight excluding hydrogens is 315 g/mol. The van der Waals surface area contributed by atoms with Crippen molar-refractivity contribution in [1.29, 1.82) is 0 Å². The first-order chi connectivity index (χ1) is 11.8. The largest absolute Gasteiger partial charge is 0.470 e.